The number of ether oxygens (including phenoxy) is 12. The third kappa shape index (κ3) is 54.1. The van der Waals surface area contributed by atoms with Crippen LogP contribution in [0.25, 0.3) is 0 Å². The van der Waals surface area contributed by atoms with Crippen LogP contribution in [0.15, 0.2) is 72.8 Å². The zero-order valence-corrected chi connectivity index (χ0v) is 74.9. The molecule has 4 aromatic carbocycles. The van der Waals surface area contributed by atoms with Gasteiger partial charge in [-0.2, -0.15) is 10.1 Å². The summed E-state index contributed by atoms with van der Waals surface area (Å²) in [4.78, 5) is 105. The molecule has 0 spiro atoms. The minimum absolute atomic E-state index is 0. The van der Waals surface area contributed by atoms with E-state index in [2.05, 4.69) is 159 Å². The molecule has 0 saturated heterocycles. The molecule has 34 nitrogen and oxygen atoms in total. The van der Waals surface area contributed by atoms with Gasteiger partial charge in [0.2, 0.25) is 0 Å². The second kappa shape index (κ2) is 67.3. The molecular weight excluding hydrogens is 1740 g/mol. The highest BCUT2D eigenvalue weighted by Gasteiger charge is 2.36. The highest BCUT2D eigenvalue weighted by atomic mass is 79.9. The van der Waals surface area contributed by atoms with Gasteiger partial charge in [-0.25, -0.2) is 24.0 Å². The highest BCUT2D eigenvalue weighted by Crippen LogP contribution is 2.33. The van der Waals surface area contributed by atoms with E-state index in [0.29, 0.717) is 83.8 Å². The zero-order valence-electron chi connectivity index (χ0n) is 72.5. The molecule has 6 rings (SSSR count). The third-order valence-electron chi connectivity index (χ3n) is 13.9. The number of nitrogens with one attached hydrogen (secondary N) is 3. The number of phenolic OH excluding ortho intramolecular Hbond substituents is 1. The molecule has 680 valence electrons. The van der Waals surface area contributed by atoms with Gasteiger partial charge < -0.3 is 83.6 Å². The number of nitrogens with zero attached hydrogens (tertiary/aromatic N) is 4. The lowest BCUT2D eigenvalue weighted by Crippen LogP contribution is -2.52. The van der Waals surface area contributed by atoms with Crippen LogP contribution < -0.4 is 46.0 Å². The molecule has 0 radical (unpaired) electrons. The molecule has 2 heterocycles. The minimum Gasteiger partial charge on any atom is -0.508 e. The highest BCUT2D eigenvalue weighted by molar-refractivity contribution is 9.09. The number of alkyl carbamates (subject to hydrolysis) is 3. The SMILES string of the molecule is C.C#CC#CC#C.C#CC#CC#CC#CC.C#CC#CC#CC#CC#C.COC(=O)[C@H](Cc1ccc(O)cc1[N+](=O)[O-])NC(=O)OC(C)(C)C.COCCBr.COCCOc1ccc(C[C@H](NC(=O)OC(C)(C)C)C(=O)OC)c([N+](=O)[O-])c1.COCCOc1ccc2c(c1)N(O)C(=O)[C@@H](N)C2.COCCOc1ccc2c(c1)N(O)C(=O)[C@@H](NC(=O)OC(C)(C)C)C2.Cl. The van der Waals surface area contributed by atoms with Crippen LogP contribution in [0.2, 0.25) is 0 Å². The minimum atomic E-state index is -1.17. The molecule has 4 aromatic rings. The van der Waals surface area contributed by atoms with E-state index in [1.54, 1.807) is 133 Å². The topological polar surface area (TPSA) is 446 Å². The summed E-state index contributed by atoms with van der Waals surface area (Å²) in [6.45, 7) is 19.9. The summed E-state index contributed by atoms with van der Waals surface area (Å²) < 4.78 is 60.2. The number of methoxy groups -OCH3 is 6. The number of carbonyl (C=O) groups is 7. The number of carbonyl (C=O) groups excluding carboxylic acids is 7. The van der Waals surface area contributed by atoms with E-state index in [9.17, 15) is 69.3 Å². The summed E-state index contributed by atoms with van der Waals surface area (Å²) in [6.07, 6.45) is 21.8. The molecule has 2 aliphatic rings. The van der Waals surface area contributed by atoms with Gasteiger partial charge in [-0.3, -0.25) is 40.2 Å². The van der Waals surface area contributed by atoms with Crippen molar-refractivity contribution in [3.63, 3.8) is 0 Å². The Morgan fingerprint density at radius 3 is 1.18 bits per heavy atom. The number of fused-ring (bicyclic) bond motifs is 2. The number of alkyl halides is 1. The number of nitrogens with two attached hydrogens (primary N) is 1. The van der Waals surface area contributed by atoms with Crippen LogP contribution in [0, 0.1) is 165 Å². The Balaban J connectivity index is -0.000000716. The smallest absolute Gasteiger partial charge is 0.408 e. The first kappa shape index (κ1) is 119. The molecule has 36 heteroatoms. The van der Waals surface area contributed by atoms with Crippen LogP contribution in [0.5, 0.6) is 23.0 Å². The number of hydroxylamine groups is 2. The Bertz CT molecular complexity index is 4920. The Kier molecular flexibility index (Phi) is 63.1. The largest absolute Gasteiger partial charge is 0.508 e. The summed E-state index contributed by atoms with van der Waals surface area (Å²) in [5.74, 6) is 42.4. The standard InChI is InChI=1S/C18H26N2O8.C17H24N2O6.C15H20N2O7.C12H16N2O4.C10H2.C9H4.C6H2.C3H7BrO.CH4.ClH/c1-18(2,3)28-17(22)19-14(16(21)26-5)10-12-6-7-13(27-9-8-25-4)11-15(12)20(23)24;1-17(2,3)25-16(21)18-13-9-11-5-6-12(24-8-7-23-4)10-14(11)19(22)15(13)20;1-15(2,3)24-14(20)16-11(13(19)23-4)7-9-5-6-10(18)8-12(9)17(21)22;1-17-4-5-18-9-3-2-8-6-10(13)12(15)14(16)11(8)7-9;1-3-5-7-9-10-8-6-4-2;1-3-5-7-9-8-6-4-2;1-3-5-6-4-2;1-5-3-2-4;;/h6-7,11,14H,8-10H2,1-5H3,(H,19,22);5-6,10,13,22H,7-9H2,1-4H3,(H,18,21);5-6,8,11,18H,7H2,1-4H3,(H,16,20);2-3,7,10,16H,4-6,13H2,1H3;1-2H;1H,2H3;1-2H;2-3H2,1H3;1H4;1H/t14-;13-;11-;10-;;;;;;/m0000....../s1. The van der Waals surface area contributed by atoms with Crippen molar-refractivity contribution in [1.29, 1.82) is 0 Å². The zero-order chi connectivity index (χ0) is 95.1. The van der Waals surface area contributed by atoms with Crippen molar-refractivity contribution >= 4 is 93.1 Å². The van der Waals surface area contributed by atoms with Crippen LogP contribution >= 0.6 is 28.3 Å². The summed E-state index contributed by atoms with van der Waals surface area (Å²) in [7, 11) is 8.65. The van der Waals surface area contributed by atoms with Gasteiger partial charge in [0.1, 0.15) is 77.7 Å². The van der Waals surface area contributed by atoms with Gasteiger partial charge in [0.05, 0.1) is 80.0 Å². The summed E-state index contributed by atoms with van der Waals surface area (Å²) >= 11 is 3.18. The second-order valence-corrected chi connectivity index (χ2v) is 27.7. The number of hydrogen-bond donors (Lipinski definition) is 7. The van der Waals surface area contributed by atoms with Crippen LogP contribution in [-0.2, 0) is 87.5 Å². The Hall–Kier alpha value is -14.2. The maximum atomic E-state index is 12.3. The van der Waals surface area contributed by atoms with Crippen molar-refractivity contribution in [2.24, 2.45) is 5.73 Å². The van der Waals surface area contributed by atoms with Crippen LogP contribution in [0.4, 0.5) is 37.1 Å². The van der Waals surface area contributed by atoms with E-state index in [1.807, 2.05) is 0 Å². The van der Waals surface area contributed by atoms with Gasteiger partial charge >= 0.3 is 30.2 Å². The third-order valence-corrected chi connectivity index (χ3v) is 14.3. The number of rotatable bonds is 25. The lowest BCUT2D eigenvalue weighted by atomic mass is 9.98. The van der Waals surface area contributed by atoms with Gasteiger partial charge in [0, 0.05) is 76.3 Å². The molecule has 4 atom stereocenters. The van der Waals surface area contributed by atoms with Gasteiger partial charge in [0.25, 0.3) is 23.2 Å². The van der Waals surface area contributed by atoms with Crippen LogP contribution in [0.3, 0.4) is 0 Å². The normalized spacial score (nSPS) is 12.0. The Morgan fingerprint density at radius 1 is 0.504 bits per heavy atom. The molecule has 127 heavy (non-hydrogen) atoms. The predicted octanol–water partition coefficient (Wildman–Crippen LogP) is 9.59. The van der Waals surface area contributed by atoms with Crippen molar-refractivity contribution in [2.45, 2.75) is 143 Å². The number of aromatic hydroxyl groups is 1. The number of benzene rings is 4. The number of amides is 5. The number of nitro benzene ring substituents is 2. The molecule has 0 aliphatic carbocycles. The first-order valence-electron chi connectivity index (χ1n) is 36.7. The first-order valence-corrected chi connectivity index (χ1v) is 37.8. The fourth-order valence-corrected chi connectivity index (χ4v) is 9.22. The molecular formula is C91H106BrClN8O26. The molecule has 0 bridgehead atoms. The summed E-state index contributed by atoms with van der Waals surface area (Å²) in [5.41, 5.74) is 5.49. The monoisotopic (exact) mass is 1840 g/mol. The van der Waals surface area contributed by atoms with Crippen LogP contribution in [-0.4, -0.2) is 203 Å². The summed E-state index contributed by atoms with van der Waals surface area (Å²) in [5, 5.41) is 61.0. The van der Waals surface area contributed by atoms with Crippen molar-refractivity contribution < 1.29 is 116 Å². The van der Waals surface area contributed by atoms with Gasteiger partial charge in [-0.1, -0.05) is 41.4 Å². The van der Waals surface area contributed by atoms with Crippen molar-refractivity contribution in [3.8, 4) is 168 Å². The van der Waals surface area contributed by atoms with Gasteiger partial charge in [0.15, 0.2) is 0 Å². The lowest BCUT2D eigenvalue weighted by Gasteiger charge is -2.31. The van der Waals surface area contributed by atoms with Gasteiger partial charge in [-0.05, 0) is 230 Å². The van der Waals surface area contributed by atoms with Crippen LogP contribution in [0.1, 0.15) is 98.9 Å². The average molecular weight is 1840 g/mol. The van der Waals surface area contributed by atoms with Crippen molar-refractivity contribution in [3.05, 3.63) is 115 Å². The molecule has 2 aliphatic heterocycles. The second-order valence-electron chi connectivity index (χ2n) is 26.9. The number of halogens is 2. The fraction of sp³-hybridized carbons (Fsp3) is 0.396. The number of hydrogen-bond acceptors (Lipinski definition) is 27. The molecule has 0 unspecified atom stereocenters. The predicted molar refractivity (Wildman–Crippen MR) is 482 cm³/mol. The molecule has 0 aromatic heterocycles. The number of phenols is 1. The number of esters is 2. The number of terminal acetylenes is 5. The first-order chi connectivity index (χ1) is 59.1. The van der Waals surface area contributed by atoms with Gasteiger partial charge in [-0.15, -0.1) is 44.5 Å². The Labute approximate surface area is 757 Å². The fourth-order valence-electron chi connectivity index (χ4n) is 8.89. The molecule has 8 N–H and O–H groups in total. The quantitative estimate of drug-likeness (QED) is 0.00474. The molecule has 0 saturated carbocycles. The maximum absolute atomic E-state index is 12.3. The molecule has 0 fully saturated rings. The number of anilines is 2. The van der Waals surface area contributed by atoms with Crippen molar-refractivity contribution in [2.75, 3.05) is 104 Å². The lowest BCUT2D eigenvalue weighted by molar-refractivity contribution is -0.385. The van der Waals surface area contributed by atoms with E-state index < -0.39 is 92.8 Å². The van der Waals surface area contributed by atoms with E-state index in [0.717, 1.165) is 37.8 Å². The van der Waals surface area contributed by atoms with Crippen molar-refractivity contribution in [1.82, 2.24) is 16.0 Å². The molecule has 5 amide bonds. The maximum Gasteiger partial charge on any atom is 0.408 e. The van der Waals surface area contributed by atoms with E-state index in [-0.39, 0.29) is 74.0 Å². The average Bonchev–Trinajstić information content (AvgIpc) is 0.787. The summed E-state index contributed by atoms with van der Waals surface area (Å²) in [6, 6.07) is 14.1. The van der Waals surface area contributed by atoms with E-state index in [4.69, 9.17) is 80.5 Å². The Morgan fingerprint density at radius 2 is 0.835 bits per heavy atom. The number of nitro groups is 2. The van der Waals surface area contributed by atoms with E-state index >= 15 is 0 Å². The van der Waals surface area contributed by atoms with E-state index in [1.165, 1.54) is 31.4 Å².